The first-order valence-electron chi connectivity index (χ1n) is 14.3. The lowest BCUT2D eigenvalue weighted by atomic mass is 10.1. The fourth-order valence-corrected chi connectivity index (χ4v) is 5.36. The van der Waals surface area contributed by atoms with Crippen molar-refractivity contribution in [1.29, 1.82) is 0 Å². The van der Waals surface area contributed by atoms with E-state index in [-0.39, 0.29) is 23.6 Å². The molecular weight excluding hydrogens is 605 g/mol. The van der Waals surface area contributed by atoms with E-state index in [1.165, 1.54) is 47.0 Å². The number of nitrogens with one attached hydrogen (secondary N) is 1. The highest BCUT2D eigenvalue weighted by Gasteiger charge is 2.31. The lowest BCUT2D eigenvalue weighted by Crippen LogP contribution is -2.18. The summed E-state index contributed by atoms with van der Waals surface area (Å²) in [6.45, 7) is 3.97. The number of aryl methyl sites for hydroxylation is 2. The first-order valence-corrected chi connectivity index (χ1v) is 15.2. The predicted molar refractivity (Wildman–Crippen MR) is 168 cm³/mol. The van der Waals surface area contributed by atoms with Crippen LogP contribution in [0.1, 0.15) is 42.4 Å². The molecule has 0 amide bonds. The summed E-state index contributed by atoms with van der Waals surface area (Å²) in [5, 5.41) is 9.29. The van der Waals surface area contributed by atoms with Crippen LogP contribution in [0.25, 0.3) is 17.1 Å². The van der Waals surface area contributed by atoms with E-state index in [2.05, 4.69) is 25.3 Å². The number of benzene rings is 3. The highest BCUT2D eigenvalue weighted by molar-refractivity contribution is 8.13. The number of nitrogens with zero attached hydrogens (tertiary/aromatic N) is 5. The van der Waals surface area contributed by atoms with E-state index in [1.807, 2.05) is 56.3 Å². The maximum Gasteiger partial charge on any atom is 0.573 e. The van der Waals surface area contributed by atoms with Crippen LogP contribution in [0.4, 0.5) is 18.9 Å². The summed E-state index contributed by atoms with van der Waals surface area (Å²) in [5.74, 6) is 0.0716. The first-order chi connectivity index (χ1) is 21.6. The van der Waals surface area contributed by atoms with Crippen molar-refractivity contribution in [3.05, 3.63) is 89.7 Å². The third-order valence-electron chi connectivity index (χ3n) is 7.11. The van der Waals surface area contributed by atoms with Gasteiger partial charge in [0, 0.05) is 5.56 Å². The summed E-state index contributed by atoms with van der Waals surface area (Å²) in [5.41, 5.74) is 7.92. The molecule has 3 aromatic carbocycles. The highest BCUT2D eigenvalue weighted by atomic mass is 32.2. The summed E-state index contributed by atoms with van der Waals surface area (Å²) >= 11 is 1.27. The molecule has 1 N–H and O–H groups in total. The number of rotatable bonds is 9. The molecule has 5 rings (SSSR count). The van der Waals surface area contributed by atoms with Crippen molar-refractivity contribution in [2.75, 3.05) is 5.94 Å². The third kappa shape index (κ3) is 8.94. The normalized spacial score (nSPS) is 14.2. The Morgan fingerprint density at radius 1 is 1.04 bits per heavy atom. The van der Waals surface area contributed by atoms with E-state index in [0.29, 0.717) is 16.7 Å². The quantitative estimate of drug-likeness (QED) is 0.0668. The van der Waals surface area contributed by atoms with Gasteiger partial charge in [0.1, 0.15) is 18.0 Å². The molecule has 0 atom stereocenters. The molecule has 1 fully saturated rings. The molecule has 0 aliphatic heterocycles. The highest BCUT2D eigenvalue weighted by Crippen LogP contribution is 2.28. The summed E-state index contributed by atoms with van der Waals surface area (Å²) in [4.78, 5) is 21.5. The minimum absolute atomic E-state index is 0.0178. The van der Waals surface area contributed by atoms with Gasteiger partial charge in [-0.15, -0.1) is 18.3 Å². The van der Waals surface area contributed by atoms with E-state index >= 15 is 0 Å². The predicted octanol–water partition coefficient (Wildman–Crippen LogP) is 7.49. The van der Waals surface area contributed by atoms with Gasteiger partial charge in [0.15, 0.2) is 11.0 Å². The Balaban J connectivity index is 1.22. The minimum Gasteiger partial charge on any atom is -0.454 e. The van der Waals surface area contributed by atoms with Crippen LogP contribution in [0, 0.1) is 19.8 Å². The number of para-hydroxylation sites is 1. The molecule has 1 aliphatic rings. The molecule has 45 heavy (non-hydrogen) atoms. The summed E-state index contributed by atoms with van der Waals surface area (Å²) in [7, 11) is 0. The Kier molecular flexibility index (Phi) is 10.2. The molecule has 0 saturated heterocycles. The lowest BCUT2D eigenvalue weighted by Gasteiger charge is -2.11. The van der Waals surface area contributed by atoms with Crippen molar-refractivity contribution in [3.8, 4) is 22.8 Å². The Morgan fingerprint density at radius 2 is 1.73 bits per heavy atom. The average Bonchev–Trinajstić information content (AvgIpc) is 3.72. The van der Waals surface area contributed by atoms with Gasteiger partial charge in [0.2, 0.25) is 0 Å². The zero-order valence-corrected chi connectivity index (χ0v) is 25.4. The number of amidine groups is 1. The summed E-state index contributed by atoms with van der Waals surface area (Å²) in [6, 6.07) is 18.7. The molecule has 1 saturated carbocycles. The molecule has 1 heterocycles. The Hall–Kier alpha value is -4.65. The maximum absolute atomic E-state index is 12.4. The topological polar surface area (TPSA) is 103 Å². The second-order valence-electron chi connectivity index (χ2n) is 10.4. The number of aromatic nitrogens is 3. The number of halogens is 3. The molecule has 0 unspecified atom stereocenters. The zero-order chi connectivity index (χ0) is 31.8. The van der Waals surface area contributed by atoms with Crippen molar-refractivity contribution in [3.63, 3.8) is 0 Å². The Bertz CT molecular complexity index is 1640. The second-order valence-corrected chi connectivity index (χ2v) is 11.3. The molecular formula is C32H31F3N6O3S. The van der Waals surface area contributed by atoms with Crippen molar-refractivity contribution in [1.82, 2.24) is 20.2 Å². The number of hydrazone groups is 1. The molecule has 9 nitrogen and oxygen atoms in total. The molecule has 4 aromatic rings. The van der Waals surface area contributed by atoms with Gasteiger partial charge < -0.3 is 9.47 Å². The number of ether oxygens (including phenoxy) is 2. The standard InChI is InChI=1S/C32H31F3N6O3S/c1-21-6-5-7-22(2)28(21)38-31(45-20-43-30(42)25-8-3-4-9-25)39-37-18-23-10-12-24(13-11-23)29-36-19-41(40-29)26-14-16-27(17-15-26)44-32(33,34)35/h5-7,10-19,25H,3-4,8-9,20H2,1-2H3,(H,38,39)/b37-18-. The zero-order valence-electron chi connectivity index (χ0n) is 24.6. The fourth-order valence-electron chi connectivity index (χ4n) is 4.80. The van der Waals surface area contributed by atoms with Gasteiger partial charge in [-0.05, 0) is 79.4 Å². The van der Waals surface area contributed by atoms with Crippen LogP contribution in [0.3, 0.4) is 0 Å². The van der Waals surface area contributed by atoms with E-state index in [1.54, 1.807) is 6.21 Å². The third-order valence-corrected chi connectivity index (χ3v) is 7.80. The van der Waals surface area contributed by atoms with Crippen LogP contribution < -0.4 is 10.2 Å². The van der Waals surface area contributed by atoms with Crippen LogP contribution in [0.15, 0.2) is 83.2 Å². The van der Waals surface area contributed by atoms with Crippen molar-refractivity contribution >= 4 is 34.8 Å². The fraction of sp³-hybridized carbons (Fsp3) is 0.281. The van der Waals surface area contributed by atoms with E-state index in [4.69, 9.17) is 9.73 Å². The number of alkyl halides is 3. The second kappa shape index (κ2) is 14.4. The van der Waals surface area contributed by atoms with Crippen LogP contribution in [-0.2, 0) is 9.53 Å². The van der Waals surface area contributed by atoms with Crippen LogP contribution in [-0.4, -0.2) is 44.4 Å². The van der Waals surface area contributed by atoms with Gasteiger partial charge in [0.05, 0.1) is 23.5 Å². The minimum atomic E-state index is -4.76. The molecule has 1 aliphatic carbocycles. The van der Waals surface area contributed by atoms with Crippen molar-refractivity contribution < 1.29 is 27.4 Å². The monoisotopic (exact) mass is 636 g/mol. The SMILES string of the molecule is Cc1cccc(C)c1N=C(N/N=C\c1ccc(-c2ncn(-c3ccc(OC(F)(F)F)cc3)n2)cc1)SCOC(=O)C1CCCC1. The number of esters is 1. The molecule has 0 spiro atoms. The van der Waals surface area contributed by atoms with Gasteiger partial charge in [-0.1, -0.05) is 55.3 Å². The lowest BCUT2D eigenvalue weighted by molar-refractivity contribution is -0.274. The smallest absolute Gasteiger partial charge is 0.454 e. The van der Waals surface area contributed by atoms with E-state index in [0.717, 1.165) is 53.6 Å². The number of thioether (sulfide) groups is 1. The first kappa shape index (κ1) is 31.8. The number of carbonyl (C=O) groups is 1. The number of hydrogen-bond acceptors (Lipinski definition) is 8. The maximum atomic E-state index is 12.4. The number of aliphatic imine (C=N–C) groups is 1. The summed E-state index contributed by atoms with van der Waals surface area (Å²) < 4.78 is 48.2. The molecule has 0 radical (unpaired) electrons. The Morgan fingerprint density at radius 3 is 2.40 bits per heavy atom. The van der Waals surface area contributed by atoms with Crippen molar-refractivity contribution in [2.45, 2.75) is 45.9 Å². The number of hydrogen-bond donors (Lipinski definition) is 1. The van der Waals surface area contributed by atoms with E-state index < -0.39 is 6.36 Å². The van der Waals surface area contributed by atoms with Crippen LogP contribution in [0.5, 0.6) is 5.75 Å². The molecule has 0 bridgehead atoms. The Labute approximate surface area is 262 Å². The van der Waals surface area contributed by atoms with Crippen molar-refractivity contribution in [2.24, 2.45) is 16.0 Å². The largest absolute Gasteiger partial charge is 0.573 e. The molecule has 13 heteroatoms. The molecule has 234 valence electrons. The molecule has 1 aromatic heterocycles. The van der Waals surface area contributed by atoms with Gasteiger partial charge in [-0.25, -0.2) is 14.7 Å². The van der Waals surface area contributed by atoms with E-state index in [9.17, 15) is 18.0 Å². The van der Waals surface area contributed by atoms with Gasteiger partial charge in [-0.2, -0.15) is 5.10 Å². The van der Waals surface area contributed by atoms with Gasteiger partial charge >= 0.3 is 12.3 Å². The van der Waals surface area contributed by atoms with Gasteiger partial charge in [-0.3, -0.25) is 10.2 Å². The van der Waals surface area contributed by atoms with Gasteiger partial charge in [0.25, 0.3) is 0 Å². The van der Waals surface area contributed by atoms with Crippen LogP contribution >= 0.6 is 11.8 Å². The number of carbonyl (C=O) groups excluding carboxylic acids is 1. The van der Waals surface area contributed by atoms with Crippen LogP contribution in [0.2, 0.25) is 0 Å². The average molecular weight is 637 g/mol. The summed E-state index contributed by atoms with van der Waals surface area (Å²) in [6.07, 6.45) is 2.25.